The number of thioether (sulfide) groups is 1. The Morgan fingerprint density at radius 3 is 2.56 bits per heavy atom. The minimum atomic E-state index is -0.669. The topological polar surface area (TPSA) is 52.7 Å². The van der Waals surface area contributed by atoms with Crippen molar-refractivity contribution in [1.82, 2.24) is 15.1 Å². The Morgan fingerprint density at radius 2 is 2.00 bits per heavy atom. The summed E-state index contributed by atoms with van der Waals surface area (Å²) < 4.78 is 27.5. The van der Waals surface area contributed by atoms with E-state index in [9.17, 15) is 18.4 Å². The molecule has 1 saturated heterocycles. The second kappa shape index (κ2) is 8.46. The smallest absolute Gasteiger partial charge is 0.317 e. The summed E-state index contributed by atoms with van der Waals surface area (Å²) in [7, 11) is 0. The van der Waals surface area contributed by atoms with Crippen LogP contribution in [0.1, 0.15) is 45.6 Å². The third-order valence-corrected chi connectivity index (χ3v) is 5.61. The summed E-state index contributed by atoms with van der Waals surface area (Å²) in [6, 6.07) is 3.20. The number of nitrogens with zero attached hydrogens (tertiary/aromatic N) is 2. The van der Waals surface area contributed by atoms with E-state index in [0.29, 0.717) is 13.1 Å². The van der Waals surface area contributed by atoms with Gasteiger partial charge in [-0.3, -0.25) is 4.79 Å². The van der Waals surface area contributed by atoms with Crippen LogP contribution in [0.5, 0.6) is 0 Å². The van der Waals surface area contributed by atoms with Gasteiger partial charge < -0.3 is 15.1 Å². The van der Waals surface area contributed by atoms with Crippen molar-refractivity contribution in [2.24, 2.45) is 0 Å². The summed E-state index contributed by atoms with van der Waals surface area (Å²) in [5.41, 5.74) is -0.0840. The van der Waals surface area contributed by atoms with E-state index in [1.54, 1.807) is 16.7 Å². The average molecular weight is 400 g/mol. The minimum absolute atomic E-state index is 0.110. The molecule has 150 valence electrons. The fourth-order valence-electron chi connectivity index (χ4n) is 2.88. The first-order valence-corrected chi connectivity index (χ1v) is 9.95. The molecule has 5 nitrogen and oxygen atoms in total. The summed E-state index contributed by atoms with van der Waals surface area (Å²) in [6.07, 6.45) is 0. The molecule has 0 spiro atoms. The number of hydrogen-bond acceptors (Lipinski definition) is 3. The highest BCUT2D eigenvalue weighted by Crippen LogP contribution is 2.43. The Kier molecular flexibility index (Phi) is 6.72. The number of carbonyl (C=O) groups excluding carboxylic acids is 2. The van der Waals surface area contributed by atoms with Crippen LogP contribution in [0.15, 0.2) is 18.2 Å². The Labute approximate surface area is 163 Å². The van der Waals surface area contributed by atoms with E-state index in [-0.39, 0.29) is 34.8 Å². The van der Waals surface area contributed by atoms with Crippen LogP contribution in [-0.2, 0) is 4.79 Å². The van der Waals surface area contributed by atoms with Gasteiger partial charge in [0.2, 0.25) is 5.91 Å². The van der Waals surface area contributed by atoms with Gasteiger partial charge in [-0.2, -0.15) is 0 Å². The Morgan fingerprint density at radius 1 is 1.33 bits per heavy atom. The van der Waals surface area contributed by atoms with Gasteiger partial charge in [0.1, 0.15) is 17.0 Å². The highest BCUT2D eigenvalue weighted by atomic mass is 32.2. The number of carbonyl (C=O) groups is 2. The molecule has 0 bridgehead atoms. The van der Waals surface area contributed by atoms with Crippen molar-refractivity contribution in [3.63, 3.8) is 0 Å². The number of hydrogen-bond donors (Lipinski definition) is 1. The molecule has 2 rings (SSSR count). The van der Waals surface area contributed by atoms with Gasteiger partial charge >= 0.3 is 6.03 Å². The van der Waals surface area contributed by atoms with Crippen LogP contribution in [0.4, 0.5) is 13.6 Å². The summed E-state index contributed by atoms with van der Waals surface area (Å²) in [5.74, 6) is -1.43. The Balaban J connectivity index is 2.14. The van der Waals surface area contributed by atoms with Gasteiger partial charge in [-0.1, -0.05) is 6.07 Å². The molecule has 1 aromatic carbocycles. The fraction of sp³-hybridized carbons (Fsp3) is 0.579. The number of likely N-dealkylation sites (N-methyl/N-ethyl adjacent to an activating group) is 1. The molecular weight excluding hydrogens is 372 g/mol. The van der Waals surface area contributed by atoms with E-state index in [0.717, 1.165) is 6.07 Å². The molecule has 1 aliphatic heterocycles. The molecule has 1 fully saturated rings. The molecule has 0 saturated carbocycles. The summed E-state index contributed by atoms with van der Waals surface area (Å²) in [4.78, 5) is 28.1. The second-order valence-corrected chi connectivity index (χ2v) is 9.01. The minimum Gasteiger partial charge on any atom is -0.333 e. The van der Waals surface area contributed by atoms with E-state index in [1.165, 1.54) is 23.9 Å². The highest BCUT2D eigenvalue weighted by Gasteiger charge is 2.39. The van der Waals surface area contributed by atoms with Crippen LogP contribution in [0.3, 0.4) is 0 Å². The fourth-order valence-corrected chi connectivity index (χ4v) is 4.21. The molecule has 2 unspecified atom stereocenters. The van der Waals surface area contributed by atoms with Crippen LogP contribution in [0.25, 0.3) is 0 Å². The number of urea groups is 1. The lowest BCUT2D eigenvalue weighted by atomic mass is 10.1. The standard InChI is InChI=1S/C19H27F2N3O2S/c1-6-23(18(26)22-19(3,4)5)9-10-24-16(25)12(2)27-17(24)14-8-7-13(20)11-15(14)21/h7-8,11-12,17H,6,9-10H2,1-5H3,(H,22,26). The zero-order chi connectivity index (χ0) is 20.4. The average Bonchev–Trinajstić information content (AvgIpc) is 2.81. The van der Waals surface area contributed by atoms with Crippen molar-refractivity contribution in [2.75, 3.05) is 19.6 Å². The first-order valence-electron chi connectivity index (χ1n) is 9.01. The number of amides is 3. The van der Waals surface area contributed by atoms with Crippen LogP contribution < -0.4 is 5.32 Å². The molecule has 0 aliphatic carbocycles. The van der Waals surface area contributed by atoms with Crippen LogP contribution >= 0.6 is 11.8 Å². The summed E-state index contributed by atoms with van der Waals surface area (Å²) >= 11 is 1.33. The summed E-state index contributed by atoms with van der Waals surface area (Å²) in [6.45, 7) is 10.4. The van der Waals surface area contributed by atoms with Crippen molar-refractivity contribution >= 4 is 23.7 Å². The predicted molar refractivity (Wildman–Crippen MR) is 103 cm³/mol. The van der Waals surface area contributed by atoms with Crippen LogP contribution in [0.2, 0.25) is 0 Å². The number of halogens is 2. The molecule has 1 aliphatic rings. The van der Waals surface area contributed by atoms with Gasteiger partial charge in [0.25, 0.3) is 0 Å². The highest BCUT2D eigenvalue weighted by molar-refractivity contribution is 8.01. The molecular formula is C19H27F2N3O2S. The monoisotopic (exact) mass is 399 g/mol. The lowest BCUT2D eigenvalue weighted by Crippen LogP contribution is -2.50. The van der Waals surface area contributed by atoms with Gasteiger partial charge in [0, 0.05) is 36.8 Å². The Hall–Kier alpha value is -1.83. The first-order chi connectivity index (χ1) is 12.5. The lowest BCUT2D eigenvalue weighted by Gasteiger charge is -2.30. The van der Waals surface area contributed by atoms with E-state index in [4.69, 9.17) is 0 Å². The molecule has 1 aromatic rings. The van der Waals surface area contributed by atoms with E-state index in [1.807, 2.05) is 27.7 Å². The number of benzene rings is 1. The van der Waals surface area contributed by atoms with Gasteiger partial charge in [0.05, 0.1) is 5.25 Å². The molecule has 2 atom stereocenters. The molecule has 1 N–H and O–H groups in total. The molecule has 1 heterocycles. The second-order valence-electron chi connectivity index (χ2n) is 7.59. The number of nitrogens with one attached hydrogen (secondary N) is 1. The van der Waals surface area contributed by atoms with Crippen molar-refractivity contribution in [1.29, 1.82) is 0 Å². The Bertz CT molecular complexity index is 709. The maximum absolute atomic E-state index is 14.2. The normalized spacial score (nSPS) is 20.1. The third-order valence-electron chi connectivity index (χ3n) is 4.24. The SMILES string of the molecule is CCN(CCN1C(=O)C(C)SC1c1ccc(F)cc1F)C(=O)NC(C)(C)C. The third kappa shape index (κ3) is 5.34. The maximum Gasteiger partial charge on any atom is 0.317 e. The van der Waals surface area contributed by atoms with Crippen molar-refractivity contribution in [2.45, 2.75) is 50.8 Å². The molecule has 0 aromatic heterocycles. The van der Waals surface area contributed by atoms with Crippen LogP contribution in [0, 0.1) is 11.6 Å². The lowest BCUT2D eigenvalue weighted by molar-refractivity contribution is -0.130. The van der Waals surface area contributed by atoms with Crippen molar-refractivity contribution < 1.29 is 18.4 Å². The van der Waals surface area contributed by atoms with E-state index in [2.05, 4.69) is 5.32 Å². The zero-order valence-corrected chi connectivity index (χ0v) is 17.2. The molecule has 3 amide bonds. The van der Waals surface area contributed by atoms with E-state index >= 15 is 0 Å². The first kappa shape index (κ1) is 21.5. The van der Waals surface area contributed by atoms with Gasteiger partial charge in [0.15, 0.2) is 0 Å². The maximum atomic E-state index is 14.2. The van der Waals surface area contributed by atoms with Crippen LogP contribution in [-0.4, -0.2) is 52.2 Å². The van der Waals surface area contributed by atoms with Gasteiger partial charge in [-0.15, -0.1) is 11.8 Å². The van der Waals surface area contributed by atoms with Crippen molar-refractivity contribution in [3.05, 3.63) is 35.4 Å². The largest absolute Gasteiger partial charge is 0.333 e. The van der Waals surface area contributed by atoms with Gasteiger partial charge in [-0.25, -0.2) is 13.6 Å². The predicted octanol–water partition coefficient (Wildman–Crippen LogP) is 3.76. The molecule has 8 heteroatoms. The van der Waals surface area contributed by atoms with Gasteiger partial charge in [-0.05, 0) is 40.7 Å². The van der Waals surface area contributed by atoms with Crippen molar-refractivity contribution in [3.8, 4) is 0 Å². The summed E-state index contributed by atoms with van der Waals surface area (Å²) in [5, 5.41) is 2.05. The van der Waals surface area contributed by atoms with E-state index < -0.39 is 17.0 Å². The number of rotatable bonds is 5. The quantitative estimate of drug-likeness (QED) is 0.820. The zero-order valence-electron chi connectivity index (χ0n) is 16.4. The molecule has 0 radical (unpaired) electrons. The molecule has 27 heavy (non-hydrogen) atoms.